The summed E-state index contributed by atoms with van der Waals surface area (Å²) in [5.41, 5.74) is 3.20. The summed E-state index contributed by atoms with van der Waals surface area (Å²) in [6.07, 6.45) is 3.43. The Labute approximate surface area is 233 Å². The van der Waals surface area contributed by atoms with Crippen molar-refractivity contribution in [1.82, 2.24) is 29.2 Å². The zero-order chi connectivity index (χ0) is 28.0. The monoisotopic (exact) mass is 576 g/mol. The van der Waals surface area contributed by atoms with Gasteiger partial charge in [-0.05, 0) is 29.2 Å². The van der Waals surface area contributed by atoms with Crippen molar-refractivity contribution in [3.8, 4) is 11.1 Å². The van der Waals surface area contributed by atoms with E-state index in [9.17, 15) is 13.2 Å². The van der Waals surface area contributed by atoms with Crippen molar-refractivity contribution in [2.24, 2.45) is 5.92 Å². The number of benzene rings is 1. The van der Waals surface area contributed by atoms with Crippen LogP contribution in [0, 0.1) is 5.92 Å². The van der Waals surface area contributed by atoms with E-state index in [1.165, 1.54) is 4.31 Å². The van der Waals surface area contributed by atoms with Gasteiger partial charge in [-0.2, -0.15) is 4.31 Å². The molecule has 1 unspecified atom stereocenters. The van der Waals surface area contributed by atoms with Crippen LogP contribution in [0.3, 0.4) is 0 Å². The Hall–Kier alpha value is -2.90. The maximum Gasteiger partial charge on any atom is 0.241 e. The number of methoxy groups -OCH3 is 1. The van der Waals surface area contributed by atoms with Crippen molar-refractivity contribution >= 4 is 27.5 Å². The first-order valence-electron chi connectivity index (χ1n) is 12.6. The number of rotatable bonds is 11. The molecule has 1 atom stereocenters. The summed E-state index contributed by atoms with van der Waals surface area (Å²) in [5, 5.41) is 8.66. The minimum absolute atomic E-state index is 0.0766. The van der Waals surface area contributed by atoms with Crippen molar-refractivity contribution in [2.45, 2.75) is 39.5 Å². The van der Waals surface area contributed by atoms with E-state index >= 15 is 0 Å². The van der Waals surface area contributed by atoms with E-state index in [2.05, 4.69) is 15.3 Å². The van der Waals surface area contributed by atoms with E-state index in [-0.39, 0.29) is 44.0 Å². The Kier molecular flexibility index (Phi) is 9.67. The summed E-state index contributed by atoms with van der Waals surface area (Å²) in [6, 6.07) is 10.3. The third kappa shape index (κ3) is 7.40. The fourth-order valence-corrected chi connectivity index (χ4v) is 6.28. The summed E-state index contributed by atoms with van der Waals surface area (Å²) in [4.78, 5) is 19.4. The third-order valence-corrected chi connectivity index (χ3v) is 8.43. The van der Waals surface area contributed by atoms with Crippen LogP contribution in [0.2, 0.25) is 5.15 Å². The topological polar surface area (TPSA) is 120 Å². The quantitative estimate of drug-likeness (QED) is 0.194. The number of halogens is 1. The molecule has 1 aliphatic heterocycles. The zero-order valence-electron chi connectivity index (χ0n) is 22.2. The highest BCUT2D eigenvalue weighted by atomic mass is 35.5. The third-order valence-electron chi connectivity index (χ3n) is 6.44. The van der Waals surface area contributed by atoms with Crippen LogP contribution < -0.4 is 0 Å². The summed E-state index contributed by atoms with van der Waals surface area (Å²) in [6.45, 7) is 5.15. The van der Waals surface area contributed by atoms with E-state index in [4.69, 9.17) is 21.1 Å². The minimum atomic E-state index is -3.71. The smallest absolute Gasteiger partial charge is 0.241 e. The first kappa shape index (κ1) is 29.1. The lowest BCUT2D eigenvalue weighted by Crippen LogP contribution is -2.49. The molecule has 0 radical (unpaired) electrons. The second-order valence-corrected chi connectivity index (χ2v) is 12.1. The van der Waals surface area contributed by atoms with Gasteiger partial charge in [0.1, 0.15) is 23.7 Å². The van der Waals surface area contributed by atoms with Gasteiger partial charge < -0.3 is 14.4 Å². The van der Waals surface area contributed by atoms with Crippen molar-refractivity contribution in [2.75, 3.05) is 32.8 Å². The Morgan fingerprint density at radius 1 is 1.10 bits per heavy atom. The SMILES string of the molecule is COCOCCn1cc(CN2CCS(=O)(=O)N(Cc3ccc(-c4ccc(Cl)nc4)cc3)C(C(C)C)C2=O)nn1. The van der Waals surface area contributed by atoms with Gasteiger partial charge in [0, 0.05) is 32.0 Å². The predicted molar refractivity (Wildman–Crippen MR) is 146 cm³/mol. The van der Waals surface area contributed by atoms with Crippen molar-refractivity contribution in [3.05, 3.63) is 65.2 Å². The van der Waals surface area contributed by atoms with Crippen LogP contribution >= 0.6 is 11.6 Å². The number of nitrogens with zero attached hydrogens (tertiary/aromatic N) is 6. The average Bonchev–Trinajstić information content (AvgIpc) is 3.33. The largest absolute Gasteiger partial charge is 0.359 e. The number of hydrogen-bond donors (Lipinski definition) is 0. The number of hydrogen-bond acceptors (Lipinski definition) is 8. The maximum absolute atomic E-state index is 13.7. The number of carbonyl (C=O) groups excluding carboxylic acids is 1. The lowest BCUT2D eigenvalue weighted by atomic mass is 10.0. The zero-order valence-corrected chi connectivity index (χ0v) is 23.8. The molecule has 1 amide bonds. The van der Waals surface area contributed by atoms with Gasteiger partial charge in [-0.25, -0.2) is 18.1 Å². The molecule has 1 fully saturated rings. The van der Waals surface area contributed by atoms with Crippen LogP contribution in [0.4, 0.5) is 0 Å². The number of carbonyl (C=O) groups is 1. The summed E-state index contributed by atoms with van der Waals surface area (Å²) < 4.78 is 40.0. The molecule has 210 valence electrons. The Balaban J connectivity index is 1.49. The minimum Gasteiger partial charge on any atom is -0.359 e. The maximum atomic E-state index is 13.7. The van der Waals surface area contributed by atoms with Gasteiger partial charge >= 0.3 is 0 Å². The number of aromatic nitrogens is 4. The molecule has 0 bridgehead atoms. The first-order valence-corrected chi connectivity index (χ1v) is 14.6. The van der Waals surface area contributed by atoms with Gasteiger partial charge in [0.25, 0.3) is 0 Å². The van der Waals surface area contributed by atoms with Gasteiger partial charge in [0.05, 0.1) is 31.6 Å². The molecule has 0 spiro atoms. The highest BCUT2D eigenvalue weighted by molar-refractivity contribution is 7.89. The number of amides is 1. The molecule has 1 aromatic carbocycles. The summed E-state index contributed by atoms with van der Waals surface area (Å²) in [7, 11) is -2.16. The predicted octanol–water partition coefficient (Wildman–Crippen LogP) is 2.81. The number of sulfonamides is 1. The molecule has 4 rings (SSSR count). The molecule has 0 aliphatic carbocycles. The Bertz CT molecular complexity index is 1350. The van der Waals surface area contributed by atoms with Crippen LogP contribution in [0.5, 0.6) is 0 Å². The van der Waals surface area contributed by atoms with Gasteiger partial charge in [0.15, 0.2) is 0 Å². The highest BCUT2D eigenvalue weighted by Gasteiger charge is 2.42. The van der Waals surface area contributed by atoms with E-state index in [0.717, 1.165) is 16.7 Å². The van der Waals surface area contributed by atoms with Gasteiger partial charge in [-0.3, -0.25) is 4.79 Å². The van der Waals surface area contributed by atoms with Crippen LogP contribution in [-0.2, 0) is 43.9 Å². The van der Waals surface area contributed by atoms with Gasteiger partial charge in [-0.1, -0.05) is 54.9 Å². The van der Waals surface area contributed by atoms with Crippen molar-refractivity contribution in [3.63, 3.8) is 0 Å². The fourth-order valence-electron chi connectivity index (χ4n) is 4.45. The summed E-state index contributed by atoms with van der Waals surface area (Å²) >= 11 is 5.89. The fraction of sp³-hybridized carbons (Fsp3) is 0.462. The molecule has 3 aromatic rings. The normalized spacial score (nSPS) is 18.0. The second kappa shape index (κ2) is 13.0. The molecule has 0 saturated carbocycles. The van der Waals surface area contributed by atoms with E-state index < -0.39 is 16.1 Å². The van der Waals surface area contributed by atoms with E-state index in [1.807, 2.05) is 44.2 Å². The van der Waals surface area contributed by atoms with Crippen LogP contribution in [-0.4, -0.2) is 82.4 Å². The van der Waals surface area contributed by atoms with Crippen LogP contribution in [0.1, 0.15) is 25.1 Å². The molecule has 1 aliphatic rings. The van der Waals surface area contributed by atoms with Crippen LogP contribution in [0.15, 0.2) is 48.8 Å². The standard InChI is InChI=1S/C26H33ClN6O5S/c1-19(2)25-26(34)31(16-23-17-32(30-29-23)10-12-38-18-37-3)11-13-39(35,36)33(25)15-20-4-6-21(7-5-20)22-8-9-24(27)28-14-22/h4-9,14,17,19,25H,10-13,15-16,18H2,1-3H3. The lowest BCUT2D eigenvalue weighted by molar-refractivity contribution is -0.136. The average molecular weight is 577 g/mol. The number of ether oxygens (including phenoxy) is 2. The van der Waals surface area contributed by atoms with Crippen molar-refractivity contribution in [1.29, 1.82) is 0 Å². The summed E-state index contributed by atoms with van der Waals surface area (Å²) in [5.74, 6) is -0.649. The number of pyridine rings is 1. The van der Waals surface area contributed by atoms with Gasteiger partial charge in [0.2, 0.25) is 15.9 Å². The van der Waals surface area contributed by atoms with Crippen LogP contribution in [0.25, 0.3) is 11.1 Å². The highest BCUT2D eigenvalue weighted by Crippen LogP contribution is 2.27. The molecule has 13 heteroatoms. The van der Waals surface area contributed by atoms with Crippen molar-refractivity contribution < 1.29 is 22.7 Å². The Morgan fingerprint density at radius 2 is 1.85 bits per heavy atom. The van der Waals surface area contributed by atoms with E-state index in [0.29, 0.717) is 24.0 Å². The molecule has 39 heavy (non-hydrogen) atoms. The first-order chi connectivity index (χ1) is 18.7. The second-order valence-electron chi connectivity index (χ2n) is 9.66. The Morgan fingerprint density at radius 3 is 2.51 bits per heavy atom. The molecular weight excluding hydrogens is 544 g/mol. The molecule has 1 saturated heterocycles. The molecule has 0 N–H and O–H groups in total. The van der Waals surface area contributed by atoms with E-state index in [1.54, 1.807) is 35.2 Å². The van der Waals surface area contributed by atoms with Gasteiger partial charge in [-0.15, -0.1) is 5.10 Å². The molecule has 3 heterocycles. The molecule has 2 aromatic heterocycles. The lowest BCUT2D eigenvalue weighted by Gasteiger charge is -2.32. The molecule has 11 nitrogen and oxygen atoms in total. The molecular formula is C26H33ClN6O5S.